The van der Waals surface area contributed by atoms with Crippen LogP contribution in [-0.2, 0) is 10.3 Å². The molecule has 0 aromatic heterocycles. The Kier molecular flexibility index (Phi) is 5.38. The first-order chi connectivity index (χ1) is 17.9. The van der Waals surface area contributed by atoms with Gasteiger partial charge in [0.05, 0.1) is 18.0 Å². The van der Waals surface area contributed by atoms with E-state index in [9.17, 15) is 19.7 Å². The molecule has 0 saturated carbocycles. The number of hydrogen-bond acceptors (Lipinski definition) is 6. The lowest BCUT2D eigenvalue weighted by atomic mass is 9.68. The van der Waals surface area contributed by atoms with Gasteiger partial charge in [0.2, 0.25) is 5.91 Å². The second-order valence-electron chi connectivity index (χ2n) is 10.1. The Labute approximate surface area is 214 Å². The Hall–Kier alpha value is -4.04. The molecule has 0 aliphatic carbocycles. The van der Waals surface area contributed by atoms with Crippen molar-refractivity contribution in [2.24, 2.45) is 5.92 Å². The van der Waals surface area contributed by atoms with Crippen molar-refractivity contribution in [3.8, 4) is 5.75 Å². The number of methoxy groups -OCH3 is 1. The van der Waals surface area contributed by atoms with Gasteiger partial charge in [0.25, 0.3) is 5.69 Å². The van der Waals surface area contributed by atoms with Crippen LogP contribution < -0.4 is 10.1 Å². The van der Waals surface area contributed by atoms with Gasteiger partial charge in [-0.1, -0.05) is 29.8 Å². The predicted molar refractivity (Wildman–Crippen MR) is 138 cm³/mol. The van der Waals surface area contributed by atoms with Crippen LogP contribution in [0.4, 0.5) is 11.4 Å². The van der Waals surface area contributed by atoms with E-state index in [1.54, 1.807) is 43.5 Å². The normalized spacial score (nSPS) is 26.1. The summed E-state index contributed by atoms with van der Waals surface area (Å²) in [7, 11) is 1.57. The summed E-state index contributed by atoms with van der Waals surface area (Å²) in [4.78, 5) is 42.0. The molecule has 0 bridgehead atoms. The molecular weight excluding hydrogens is 470 g/mol. The SMILES string of the molecule is COc1ccc(C(=O)C2C(c3cccc([N+](=O)[O-])c3)C3CCCN3[C@@]23C(=O)Nc2ccc(C)cc23)cc1. The molecule has 6 rings (SSSR count). The average Bonchev–Trinajstić information content (AvgIpc) is 3.57. The number of amides is 1. The fourth-order valence-electron chi connectivity index (χ4n) is 6.83. The van der Waals surface area contributed by atoms with Gasteiger partial charge in [-0.3, -0.25) is 24.6 Å². The number of nitrogens with zero attached hydrogens (tertiary/aromatic N) is 2. The summed E-state index contributed by atoms with van der Waals surface area (Å²) < 4.78 is 5.28. The number of anilines is 1. The number of Topliss-reactive ketones (excluding diaryl/α,β-unsaturated/α-hetero) is 1. The first-order valence-corrected chi connectivity index (χ1v) is 12.5. The number of ketones is 1. The number of aryl methyl sites for hydroxylation is 1. The molecule has 188 valence electrons. The Balaban J connectivity index is 1.60. The van der Waals surface area contributed by atoms with Gasteiger partial charge in [-0.15, -0.1) is 0 Å². The molecule has 37 heavy (non-hydrogen) atoms. The molecule has 1 N–H and O–H groups in total. The molecule has 3 aliphatic heterocycles. The summed E-state index contributed by atoms with van der Waals surface area (Å²) in [5.74, 6) is -0.892. The Morgan fingerprint density at radius 2 is 1.92 bits per heavy atom. The molecule has 0 radical (unpaired) electrons. The third-order valence-electron chi connectivity index (χ3n) is 8.28. The number of ether oxygens (including phenoxy) is 1. The van der Waals surface area contributed by atoms with Crippen LogP contribution in [0.25, 0.3) is 0 Å². The van der Waals surface area contributed by atoms with E-state index in [2.05, 4.69) is 10.2 Å². The smallest absolute Gasteiger partial charge is 0.269 e. The standard InChI is InChI=1S/C29H27N3O5/c1-17-8-13-23-22(15-17)29(28(34)30-23)26(27(33)18-9-11-21(37-2)12-10-18)25(24-7-4-14-31(24)29)19-5-3-6-20(16-19)32(35)36/h3,5-6,8-13,15-16,24-26H,4,7,14H2,1-2H3,(H,30,34)/t24?,25?,26?,29-/m1/s1. The molecule has 8 heteroatoms. The van der Waals surface area contributed by atoms with Crippen molar-refractivity contribution in [3.05, 3.63) is 99.1 Å². The molecule has 3 unspecified atom stereocenters. The monoisotopic (exact) mass is 497 g/mol. The number of nitrogens with one attached hydrogen (secondary N) is 1. The summed E-state index contributed by atoms with van der Waals surface area (Å²) in [5.41, 5.74) is 2.50. The largest absolute Gasteiger partial charge is 0.497 e. The van der Waals surface area contributed by atoms with Gasteiger partial charge < -0.3 is 10.1 Å². The number of carbonyl (C=O) groups excluding carboxylic acids is 2. The number of fused-ring (bicyclic) bond motifs is 4. The van der Waals surface area contributed by atoms with Crippen LogP contribution in [0.5, 0.6) is 5.75 Å². The van der Waals surface area contributed by atoms with Gasteiger partial charge in [0, 0.05) is 40.9 Å². The van der Waals surface area contributed by atoms with Crippen molar-refractivity contribution in [2.45, 2.75) is 37.3 Å². The minimum absolute atomic E-state index is 0.0224. The van der Waals surface area contributed by atoms with Crippen molar-refractivity contribution in [1.82, 2.24) is 4.90 Å². The van der Waals surface area contributed by atoms with E-state index in [4.69, 9.17) is 4.74 Å². The minimum atomic E-state index is -1.20. The van der Waals surface area contributed by atoms with E-state index in [1.807, 2.05) is 31.2 Å². The van der Waals surface area contributed by atoms with Gasteiger partial charge in [0.1, 0.15) is 11.3 Å². The van der Waals surface area contributed by atoms with Crippen molar-refractivity contribution < 1.29 is 19.2 Å². The summed E-state index contributed by atoms with van der Waals surface area (Å²) >= 11 is 0. The van der Waals surface area contributed by atoms with Crippen LogP contribution in [0, 0.1) is 23.0 Å². The number of rotatable bonds is 5. The maximum Gasteiger partial charge on any atom is 0.269 e. The fraction of sp³-hybridized carbons (Fsp3) is 0.310. The number of non-ortho nitro benzene ring substituents is 1. The van der Waals surface area contributed by atoms with Crippen LogP contribution in [0.3, 0.4) is 0 Å². The lowest BCUT2D eigenvalue weighted by Crippen LogP contribution is -2.52. The van der Waals surface area contributed by atoms with Crippen LogP contribution in [0.2, 0.25) is 0 Å². The second kappa shape index (κ2) is 8.52. The number of nitro benzene ring substituents is 1. The van der Waals surface area contributed by atoms with Gasteiger partial charge in [-0.2, -0.15) is 0 Å². The lowest BCUT2D eigenvalue weighted by molar-refractivity contribution is -0.384. The highest BCUT2D eigenvalue weighted by Gasteiger charge is 2.69. The summed E-state index contributed by atoms with van der Waals surface area (Å²) in [6.07, 6.45) is 1.69. The molecule has 4 atom stereocenters. The van der Waals surface area contributed by atoms with Gasteiger partial charge in [0.15, 0.2) is 5.78 Å². The van der Waals surface area contributed by atoms with E-state index in [1.165, 1.54) is 6.07 Å². The molecule has 3 aromatic rings. The number of hydrogen-bond donors (Lipinski definition) is 1. The lowest BCUT2D eigenvalue weighted by Gasteiger charge is -2.37. The van der Waals surface area contributed by atoms with Crippen molar-refractivity contribution in [1.29, 1.82) is 0 Å². The maximum atomic E-state index is 14.5. The Bertz CT molecular complexity index is 1440. The molecule has 1 amide bonds. The Morgan fingerprint density at radius 1 is 1.14 bits per heavy atom. The van der Waals surface area contributed by atoms with E-state index in [0.717, 1.165) is 24.0 Å². The predicted octanol–water partition coefficient (Wildman–Crippen LogP) is 4.82. The van der Waals surface area contributed by atoms with E-state index >= 15 is 0 Å². The molecule has 3 aromatic carbocycles. The zero-order valence-corrected chi connectivity index (χ0v) is 20.6. The summed E-state index contributed by atoms with van der Waals surface area (Å²) in [6.45, 7) is 2.65. The topological polar surface area (TPSA) is 102 Å². The minimum Gasteiger partial charge on any atom is -0.497 e. The van der Waals surface area contributed by atoms with E-state index in [-0.39, 0.29) is 23.4 Å². The van der Waals surface area contributed by atoms with Crippen LogP contribution in [-0.4, -0.2) is 41.2 Å². The number of nitro groups is 1. The maximum absolute atomic E-state index is 14.5. The third-order valence-corrected chi connectivity index (χ3v) is 8.28. The van der Waals surface area contributed by atoms with Crippen LogP contribution >= 0.6 is 0 Å². The van der Waals surface area contributed by atoms with E-state index in [0.29, 0.717) is 29.1 Å². The first kappa shape index (κ1) is 23.4. The molecule has 3 heterocycles. The van der Waals surface area contributed by atoms with Crippen LogP contribution in [0.1, 0.15) is 45.8 Å². The van der Waals surface area contributed by atoms with Crippen LogP contribution in [0.15, 0.2) is 66.7 Å². The zero-order chi connectivity index (χ0) is 25.9. The quantitative estimate of drug-likeness (QED) is 0.308. The van der Waals surface area contributed by atoms with Crippen molar-refractivity contribution in [2.75, 3.05) is 19.0 Å². The summed E-state index contributed by atoms with van der Waals surface area (Å²) in [6, 6.07) is 19.2. The molecular formula is C29H27N3O5. The van der Waals surface area contributed by atoms with Crippen molar-refractivity contribution in [3.63, 3.8) is 0 Å². The molecule has 2 fully saturated rings. The highest BCUT2D eigenvalue weighted by Crippen LogP contribution is 2.61. The Morgan fingerprint density at radius 3 is 2.65 bits per heavy atom. The average molecular weight is 498 g/mol. The highest BCUT2D eigenvalue weighted by atomic mass is 16.6. The zero-order valence-electron chi connectivity index (χ0n) is 20.6. The number of carbonyl (C=O) groups is 2. The highest BCUT2D eigenvalue weighted by molar-refractivity contribution is 6.12. The first-order valence-electron chi connectivity index (χ1n) is 12.5. The molecule has 8 nitrogen and oxygen atoms in total. The fourth-order valence-corrected chi connectivity index (χ4v) is 6.83. The van der Waals surface area contributed by atoms with Crippen molar-refractivity contribution >= 4 is 23.1 Å². The van der Waals surface area contributed by atoms with Gasteiger partial charge >= 0.3 is 0 Å². The number of benzene rings is 3. The van der Waals surface area contributed by atoms with Gasteiger partial charge in [-0.05, 0) is 62.2 Å². The van der Waals surface area contributed by atoms with E-state index < -0.39 is 22.3 Å². The second-order valence-corrected chi connectivity index (χ2v) is 10.1. The third kappa shape index (κ3) is 3.32. The molecule has 3 aliphatic rings. The molecule has 2 saturated heterocycles. The summed E-state index contributed by atoms with van der Waals surface area (Å²) in [5, 5.41) is 14.7. The molecule has 1 spiro atoms. The van der Waals surface area contributed by atoms with Gasteiger partial charge in [-0.25, -0.2) is 0 Å².